The molecule has 0 saturated carbocycles. The van der Waals surface area contributed by atoms with Crippen molar-refractivity contribution in [3.8, 4) is 0 Å². The summed E-state index contributed by atoms with van der Waals surface area (Å²) in [5.41, 5.74) is 21.7. The summed E-state index contributed by atoms with van der Waals surface area (Å²) in [4.78, 5) is 53.7. The van der Waals surface area contributed by atoms with Crippen LogP contribution in [0.4, 0.5) is 0 Å². The molecule has 0 aromatic heterocycles. The van der Waals surface area contributed by atoms with Gasteiger partial charge in [-0.1, -0.05) is 10.2 Å². The van der Waals surface area contributed by atoms with Crippen molar-refractivity contribution in [2.75, 3.05) is 85.6 Å². The zero-order valence-corrected chi connectivity index (χ0v) is 23.3. The third kappa shape index (κ3) is 25.2. The van der Waals surface area contributed by atoms with Gasteiger partial charge in [0.25, 0.3) is 0 Å². The van der Waals surface area contributed by atoms with E-state index in [9.17, 15) is 19.2 Å². The minimum absolute atomic E-state index is 0.0940. The number of ether oxygens (including phenoxy) is 4. The van der Waals surface area contributed by atoms with Crippen LogP contribution in [0.5, 0.6) is 0 Å². The second-order valence-corrected chi connectivity index (χ2v) is 8.35. The molecule has 0 fully saturated rings. The number of rotatable bonds is 28. The summed E-state index contributed by atoms with van der Waals surface area (Å²) in [5.74, 6) is -1.28. The molecule has 0 aliphatic rings. The van der Waals surface area contributed by atoms with E-state index < -0.39 is 11.9 Å². The van der Waals surface area contributed by atoms with Crippen molar-refractivity contribution in [3.63, 3.8) is 0 Å². The van der Waals surface area contributed by atoms with Crippen LogP contribution in [0.3, 0.4) is 0 Å². The zero-order valence-electron chi connectivity index (χ0n) is 23.3. The molecule has 0 spiro atoms. The third-order valence-corrected chi connectivity index (χ3v) is 5.01. The molecule has 1 atom stereocenters. The van der Waals surface area contributed by atoms with Gasteiger partial charge in [-0.15, -0.1) is 0 Å². The van der Waals surface area contributed by atoms with Crippen LogP contribution in [0.25, 0.3) is 20.9 Å². The number of hydrogen-bond donors (Lipinski definition) is 4. The maximum atomic E-state index is 12.8. The van der Waals surface area contributed by atoms with E-state index in [-0.39, 0.29) is 89.9 Å². The largest absolute Gasteiger partial charge is 0.381 e. The molecule has 0 saturated heterocycles. The average molecular weight is 587 g/mol. The zero-order chi connectivity index (χ0) is 30.4. The number of carbonyl (C=O) groups excluding carboxylic acids is 4. The van der Waals surface area contributed by atoms with E-state index in [0.29, 0.717) is 45.4 Å². The van der Waals surface area contributed by atoms with Crippen molar-refractivity contribution < 1.29 is 38.1 Å². The summed E-state index contributed by atoms with van der Waals surface area (Å²) in [7, 11) is 0. The van der Waals surface area contributed by atoms with E-state index in [1.807, 2.05) is 0 Å². The highest BCUT2D eigenvalue weighted by molar-refractivity contribution is 5.89. The van der Waals surface area contributed by atoms with E-state index >= 15 is 0 Å². The number of nitrogens with two attached hydrogens (primary N) is 1. The molecule has 0 unspecified atom stereocenters. The Hall–Kier alpha value is -3.50. The van der Waals surface area contributed by atoms with E-state index in [2.05, 4.69) is 36.0 Å². The van der Waals surface area contributed by atoms with Gasteiger partial charge in [-0.2, -0.15) is 0 Å². The Balaban J connectivity index is 4.44. The van der Waals surface area contributed by atoms with Crippen molar-refractivity contribution in [2.45, 2.75) is 38.1 Å². The van der Waals surface area contributed by atoms with E-state index in [4.69, 9.17) is 35.7 Å². The van der Waals surface area contributed by atoms with Gasteiger partial charge in [0.15, 0.2) is 5.78 Å². The number of nitrogens with zero attached hydrogens (tertiary/aromatic N) is 6. The van der Waals surface area contributed by atoms with E-state index in [1.54, 1.807) is 0 Å². The van der Waals surface area contributed by atoms with Gasteiger partial charge < -0.3 is 40.6 Å². The highest BCUT2D eigenvalue weighted by atomic mass is 16.5. The number of unbranched alkanes of at least 4 members (excludes halogenated alkanes) is 1. The Labute approximate surface area is 238 Å². The molecule has 18 nitrogen and oxygen atoms in total. The molecule has 41 heavy (non-hydrogen) atoms. The lowest BCUT2D eigenvalue weighted by Crippen LogP contribution is -2.43. The maximum Gasteiger partial charge on any atom is 0.246 e. The predicted octanol–water partition coefficient (Wildman–Crippen LogP) is -0.131. The first-order valence-electron chi connectivity index (χ1n) is 13.3. The summed E-state index contributed by atoms with van der Waals surface area (Å²) in [6, 6.07) is -0.742. The molecule has 232 valence electrons. The monoisotopic (exact) mass is 586 g/mol. The van der Waals surface area contributed by atoms with Gasteiger partial charge in [-0.05, 0) is 36.7 Å². The quantitative estimate of drug-likeness (QED) is 0.0411. The molecule has 0 aromatic rings. The molecular weight excluding hydrogens is 544 g/mol. The minimum Gasteiger partial charge on any atom is -0.381 e. The fraction of sp³-hybridized carbons (Fsp3) is 0.826. The van der Waals surface area contributed by atoms with Gasteiger partial charge in [-0.3, -0.25) is 19.2 Å². The third-order valence-electron chi connectivity index (χ3n) is 5.01. The van der Waals surface area contributed by atoms with Crippen LogP contribution in [0.1, 0.15) is 32.1 Å². The first-order chi connectivity index (χ1) is 19.9. The van der Waals surface area contributed by atoms with Crippen molar-refractivity contribution in [2.24, 2.45) is 16.0 Å². The van der Waals surface area contributed by atoms with Gasteiger partial charge >= 0.3 is 0 Å². The van der Waals surface area contributed by atoms with Crippen LogP contribution >= 0.6 is 0 Å². The van der Waals surface area contributed by atoms with Crippen LogP contribution in [0.15, 0.2) is 10.2 Å². The first-order valence-corrected chi connectivity index (χ1v) is 13.3. The molecule has 0 aromatic carbocycles. The number of ketones is 1. The molecular formula is C23H42N10O8. The Morgan fingerprint density at radius 2 is 1.29 bits per heavy atom. The standard InChI is InChI=1S/C23H42N10O8/c24-6-12-39-16-22(36)28-8-13-40-18-23(37)31-19(20(34)5-3-11-38-14-9-29-32-25)4-1-2-7-27-21(35)17-41-15-10-30-33-26/h19H,1-18,24H2,(H,27,35)(H,28,36)(H,31,37)/t19-/m0/s1. The smallest absolute Gasteiger partial charge is 0.246 e. The van der Waals surface area contributed by atoms with Crippen LogP contribution < -0.4 is 21.7 Å². The fourth-order valence-corrected chi connectivity index (χ4v) is 3.12. The number of Topliss-reactive ketones (excluding diaryl/α,β-unsaturated/α-hetero) is 1. The fourth-order valence-electron chi connectivity index (χ4n) is 3.12. The molecule has 0 radical (unpaired) electrons. The van der Waals surface area contributed by atoms with Crippen LogP contribution in [0.2, 0.25) is 0 Å². The number of amides is 3. The molecule has 0 bridgehead atoms. The normalized spacial score (nSPS) is 11.0. The predicted molar refractivity (Wildman–Crippen MR) is 146 cm³/mol. The topological polar surface area (TPSA) is 265 Å². The molecule has 0 rings (SSSR count). The van der Waals surface area contributed by atoms with Crippen molar-refractivity contribution in [3.05, 3.63) is 20.9 Å². The summed E-state index contributed by atoms with van der Waals surface area (Å²) < 4.78 is 20.7. The van der Waals surface area contributed by atoms with Gasteiger partial charge in [0.1, 0.15) is 19.8 Å². The lowest BCUT2D eigenvalue weighted by Gasteiger charge is -2.18. The number of hydrogen-bond acceptors (Lipinski definition) is 11. The van der Waals surface area contributed by atoms with Gasteiger partial charge in [-0.25, -0.2) is 0 Å². The van der Waals surface area contributed by atoms with Crippen LogP contribution in [-0.2, 0) is 38.1 Å². The van der Waals surface area contributed by atoms with Crippen molar-refractivity contribution in [1.29, 1.82) is 0 Å². The summed E-state index contributed by atoms with van der Waals surface area (Å²) in [5, 5.41) is 14.6. The van der Waals surface area contributed by atoms with E-state index in [1.165, 1.54) is 0 Å². The summed E-state index contributed by atoms with van der Waals surface area (Å²) in [6.45, 7) is 1.70. The SMILES string of the molecule is [N-]=[N+]=NCCOCCCC(=O)[C@H](CCCCNC(=O)COCCN=[N+]=[N-])NC(=O)COCCNC(=O)COCCN. The lowest BCUT2D eigenvalue weighted by atomic mass is 10.0. The van der Waals surface area contributed by atoms with Crippen LogP contribution in [0, 0.1) is 0 Å². The maximum absolute atomic E-state index is 12.8. The van der Waals surface area contributed by atoms with E-state index in [0.717, 1.165) is 0 Å². The molecule has 0 heterocycles. The molecule has 3 amide bonds. The van der Waals surface area contributed by atoms with Gasteiger partial charge in [0, 0.05) is 55.6 Å². The lowest BCUT2D eigenvalue weighted by molar-refractivity contribution is -0.131. The second-order valence-electron chi connectivity index (χ2n) is 8.35. The van der Waals surface area contributed by atoms with Gasteiger partial charge in [0.2, 0.25) is 17.7 Å². The minimum atomic E-state index is -0.742. The molecule has 0 aliphatic heterocycles. The van der Waals surface area contributed by atoms with Crippen molar-refractivity contribution >= 4 is 23.5 Å². The Bertz CT molecular complexity index is 850. The highest BCUT2D eigenvalue weighted by Gasteiger charge is 2.20. The van der Waals surface area contributed by atoms with Crippen molar-refractivity contribution in [1.82, 2.24) is 16.0 Å². The average Bonchev–Trinajstić information content (AvgIpc) is 2.95. The summed E-state index contributed by atoms with van der Waals surface area (Å²) >= 11 is 0. The Kier molecular flexibility index (Phi) is 25.6. The Morgan fingerprint density at radius 3 is 1.95 bits per heavy atom. The number of azide groups is 2. The number of nitrogens with one attached hydrogen (secondary N) is 3. The highest BCUT2D eigenvalue weighted by Crippen LogP contribution is 2.06. The first kappa shape index (κ1) is 37.5. The Morgan fingerprint density at radius 1 is 0.707 bits per heavy atom. The second kappa shape index (κ2) is 28.0. The molecule has 18 heteroatoms. The van der Waals surface area contributed by atoms with Crippen LogP contribution in [-0.4, -0.2) is 115 Å². The molecule has 0 aliphatic carbocycles. The summed E-state index contributed by atoms with van der Waals surface area (Å²) in [6.07, 6.45) is 2.09. The number of carbonyl (C=O) groups is 4. The molecule has 5 N–H and O–H groups in total. The van der Waals surface area contributed by atoms with Gasteiger partial charge in [0.05, 0.1) is 32.5 Å².